The van der Waals surface area contributed by atoms with Gasteiger partial charge in [-0.05, 0) is 42.0 Å². The van der Waals surface area contributed by atoms with Gasteiger partial charge in [0, 0.05) is 18.5 Å². The Hall–Kier alpha value is -4.18. The Morgan fingerprint density at radius 3 is 1.68 bits per heavy atom. The van der Waals surface area contributed by atoms with Crippen molar-refractivity contribution >= 4 is 11.8 Å². The van der Waals surface area contributed by atoms with Gasteiger partial charge in [0.2, 0.25) is 11.8 Å². The number of carbonyl (C=O) groups excluding carboxylic acids is 2. The van der Waals surface area contributed by atoms with Crippen LogP contribution in [-0.4, -0.2) is 36.3 Å². The summed E-state index contributed by atoms with van der Waals surface area (Å²) in [4.78, 5) is 29.3. The Balaban J connectivity index is 1.37. The molecular weight excluding hydrogens is 468 g/mol. The van der Waals surface area contributed by atoms with Gasteiger partial charge >= 0.3 is 0 Å². The third kappa shape index (κ3) is 4.87. The molecule has 0 unspecified atom stereocenters. The van der Waals surface area contributed by atoms with Gasteiger partial charge in [-0.3, -0.25) is 9.59 Å². The average Bonchev–Trinajstić information content (AvgIpc) is 2.99. The van der Waals surface area contributed by atoms with Gasteiger partial charge in [-0.1, -0.05) is 121 Å². The second-order valence-electron chi connectivity index (χ2n) is 10.3. The van der Waals surface area contributed by atoms with Crippen LogP contribution in [0.5, 0.6) is 0 Å². The number of rotatable bonds is 8. The standard InChI is InChI=1S/C34H34N2O2/c1-33(27-15-6-2-7-16-27,28-17-8-3-9-18-28)26-35-31(37)25-36-24-14-23-34(32(36)38,29-19-10-4-11-20-29)30-21-12-5-13-22-30/h2-13,15-22H,14,23-26H2,1H3,(H,35,37). The molecule has 192 valence electrons. The van der Waals surface area contributed by atoms with Crippen LogP contribution in [0.3, 0.4) is 0 Å². The molecule has 5 rings (SSSR count). The van der Waals surface area contributed by atoms with Gasteiger partial charge in [-0.2, -0.15) is 0 Å². The second-order valence-corrected chi connectivity index (χ2v) is 10.3. The molecule has 1 fully saturated rings. The summed E-state index contributed by atoms with van der Waals surface area (Å²) >= 11 is 0. The van der Waals surface area contributed by atoms with E-state index in [0.29, 0.717) is 13.1 Å². The largest absolute Gasteiger partial charge is 0.353 e. The van der Waals surface area contributed by atoms with Gasteiger partial charge in [-0.15, -0.1) is 0 Å². The van der Waals surface area contributed by atoms with Crippen molar-refractivity contribution in [1.82, 2.24) is 10.2 Å². The molecule has 1 heterocycles. The van der Waals surface area contributed by atoms with Crippen LogP contribution >= 0.6 is 0 Å². The van der Waals surface area contributed by atoms with Crippen molar-refractivity contribution in [2.24, 2.45) is 0 Å². The maximum atomic E-state index is 14.2. The fraction of sp³-hybridized carbons (Fsp3) is 0.235. The van der Waals surface area contributed by atoms with E-state index in [2.05, 4.69) is 36.5 Å². The molecule has 2 amide bonds. The van der Waals surface area contributed by atoms with E-state index < -0.39 is 10.8 Å². The van der Waals surface area contributed by atoms with Crippen LogP contribution in [0.1, 0.15) is 42.0 Å². The molecule has 0 aliphatic carbocycles. The summed E-state index contributed by atoms with van der Waals surface area (Å²) in [5, 5.41) is 3.16. The molecule has 1 N–H and O–H groups in total. The summed E-state index contributed by atoms with van der Waals surface area (Å²) in [6.07, 6.45) is 1.55. The number of nitrogens with zero attached hydrogens (tertiary/aromatic N) is 1. The van der Waals surface area contributed by atoms with Crippen molar-refractivity contribution in [3.05, 3.63) is 144 Å². The fourth-order valence-electron chi connectivity index (χ4n) is 5.80. The fourth-order valence-corrected chi connectivity index (χ4v) is 5.80. The third-order valence-corrected chi connectivity index (χ3v) is 7.96. The number of piperidine rings is 1. The molecule has 38 heavy (non-hydrogen) atoms. The summed E-state index contributed by atoms with van der Waals surface area (Å²) in [7, 11) is 0. The van der Waals surface area contributed by atoms with E-state index in [9.17, 15) is 9.59 Å². The van der Waals surface area contributed by atoms with E-state index in [-0.39, 0.29) is 18.4 Å². The van der Waals surface area contributed by atoms with Crippen LogP contribution in [0.15, 0.2) is 121 Å². The Morgan fingerprint density at radius 1 is 0.763 bits per heavy atom. The molecular formula is C34H34N2O2. The number of nitrogens with one attached hydrogen (secondary N) is 1. The van der Waals surface area contributed by atoms with Gasteiger partial charge in [0.25, 0.3) is 0 Å². The van der Waals surface area contributed by atoms with Crippen molar-refractivity contribution in [2.75, 3.05) is 19.6 Å². The van der Waals surface area contributed by atoms with Crippen LogP contribution < -0.4 is 5.32 Å². The highest BCUT2D eigenvalue weighted by molar-refractivity contribution is 5.95. The lowest BCUT2D eigenvalue weighted by Crippen LogP contribution is -2.55. The zero-order valence-electron chi connectivity index (χ0n) is 21.8. The topological polar surface area (TPSA) is 49.4 Å². The van der Waals surface area contributed by atoms with Gasteiger partial charge in [0.15, 0.2) is 0 Å². The Bertz CT molecular complexity index is 1280. The quantitative estimate of drug-likeness (QED) is 0.335. The zero-order chi connectivity index (χ0) is 26.4. The molecule has 0 bridgehead atoms. The number of benzene rings is 4. The highest BCUT2D eigenvalue weighted by Gasteiger charge is 2.47. The molecule has 1 aliphatic heterocycles. The van der Waals surface area contributed by atoms with Crippen molar-refractivity contribution < 1.29 is 9.59 Å². The second kappa shape index (κ2) is 11.1. The smallest absolute Gasteiger partial charge is 0.239 e. The Kier molecular flexibility index (Phi) is 7.41. The minimum atomic E-state index is -0.788. The molecule has 0 saturated carbocycles. The van der Waals surface area contributed by atoms with Gasteiger partial charge in [0.1, 0.15) is 0 Å². The molecule has 0 radical (unpaired) electrons. The monoisotopic (exact) mass is 502 g/mol. The molecule has 4 aromatic carbocycles. The van der Waals surface area contributed by atoms with Crippen molar-refractivity contribution in [2.45, 2.75) is 30.6 Å². The van der Waals surface area contributed by atoms with Crippen LogP contribution in [0.2, 0.25) is 0 Å². The molecule has 4 heteroatoms. The first-order valence-electron chi connectivity index (χ1n) is 13.3. The lowest BCUT2D eigenvalue weighted by atomic mass is 9.68. The maximum absolute atomic E-state index is 14.2. The lowest BCUT2D eigenvalue weighted by Gasteiger charge is -2.42. The van der Waals surface area contributed by atoms with Gasteiger partial charge in [-0.25, -0.2) is 0 Å². The van der Waals surface area contributed by atoms with Gasteiger partial charge < -0.3 is 10.2 Å². The first-order chi connectivity index (χ1) is 18.5. The number of hydrogen-bond donors (Lipinski definition) is 1. The average molecular weight is 503 g/mol. The minimum absolute atomic E-state index is 0.00909. The first kappa shape index (κ1) is 25.5. The van der Waals surface area contributed by atoms with Crippen LogP contribution in [0.25, 0.3) is 0 Å². The van der Waals surface area contributed by atoms with Crippen LogP contribution in [-0.2, 0) is 20.4 Å². The summed E-state index contributed by atoms with van der Waals surface area (Å²) in [6, 6.07) is 40.5. The highest BCUT2D eigenvalue weighted by Crippen LogP contribution is 2.41. The van der Waals surface area contributed by atoms with E-state index in [1.807, 2.05) is 97.1 Å². The number of carbonyl (C=O) groups is 2. The number of likely N-dealkylation sites (tertiary alicyclic amines) is 1. The SMILES string of the molecule is CC(CNC(=O)CN1CCCC(c2ccccc2)(c2ccccc2)C1=O)(c1ccccc1)c1ccccc1. The third-order valence-electron chi connectivity index (χ3n) is 7.96. The van der Waals surface area contributed by atoms with E-state index in [4.69, 9.17) is 0 Å². The molecule has 0 aromatic heterocycles. The summed E-state index contributed by atoms with van der Waals surface area (Å²) in [5.41, 5.74) is 3.02. The first-order valence-corrected chi connectivity index (χ1v) is 13.3. The van der Waals surface area contributed by atoms with Crippen molar-refractivity contribution in [1.29, 1.82) is 0 Å². The van der Waals surface area contributed by atoms with E-state index in [1.54, 1.807) is 4.90 Å². The molecule has 1 aliphatic rings. The van der Waals surface area contributed by atoms with Crippen molar-refractivity contribution in [3.8, 4) is 0 Å². The zero-order valence-corrected chi connectivity index (χ0v) is 21.8. The Labute approximate surface area is 225 Å². The van der Waals surface area contributed by atoms with Crippen LogP contribution in [0, 0.1) is 0 Å². The molecule has 4 aromatic rings. The van der Waals surface area contributed by atoms with Crippen molar-refractivity contribution in [3.63, 3.8) is 0 Å². The normalized spacial score (nSPS) is 15.2. The summed E-state index contributed by atoms with van der Waals surface area (Å²) < 4.78 is 0. The Morgan fingerprint density at radius 2 is 1.21 bits per heavy atom. The minimum Gasteiger partial charge on any atom is -0.353 e. The van der Waals surface area contributed by atoms with Gasteiger partial charge in [0.05, 0.1) is 12.0 Å². The number of hydrogen-bond acceptors (Lipinski definition) is 2. The van der Waals surface area contributed by atoms with E-state index >= 15 is 0 Å². The summed E-state index contributed by atoms with van der Waals surface area (Å²) in [5.74, 6) is -0.154. The predicted molar refractivity (Wildman–Crippen MR) is 152 cm³/mol. The molecule has 0 spiro atoms. The lowest BCUT2D eigenvalue weighted by molar-refractivity contribution is -0.142. The van der Waals surface area contributed by atoms with E-state index in [0.717, 1.165) is 35.1 Å². The molecule has 0 atom stereocenters. The van der Waals surface area contributed by atoms with Crippen LogP contribution in [0.4, 0.5) is 0 Å². The molecule has 4 nitrogen and oxygen atoms in total. The summed E-state index contributed by atoms with van der Waals surface area (Å²) in [6.45, 7) is 3.20. The number of amides is 2. The maximum Gasteiger partial charge on any atom is 0.239 e. The highest BCUT2D eigenvalue weighted by atomic mass is 16.2. The molecule has 1 saturated heterocycles. The van der Waals surface area contributed by atoms with E-state index in [1.165, 1.54) is 0 Å². The predicted octanol–water partition coefficient (Wildman–Crippen LogP) is 5.72.